The quantitative estimate of drug-likeness (QED) is 0.812. The summed E-state index contributed by atoms with van der Waals surface area (Å²) in [6.07, 6.45) is 1.88. The second-order valence-corrected chi connectivity index (χ2v) is 4.02. The number of halogens is 1. The molecule has 0 atom stereocenters. The Morgan fingerprint density at radius 2 is 2.25 bits per heavy atom. The van der Waals surface area contributed by atoms with E-state index in [0.717, 1.165) is 22.7 Å². The van der Waals surface area contributed by atoms with Gasteiger partial charge < -0.3 is 4.74 Å². The second-order valence-electron chi connectivity index (χ2n) is 3.46. The molecule has 2 aromatic rings. The normalized spacial score (nSPS) is 10.4. The highest BCUT2D eigenvalue weighted by Crippen LogP contribution is 2.23. The fourth-order valence-corrected chi connectivity index (χ4v) is 1.71. The van der Waals surface area contributed by atoms with E-state index in [-0.39, 0.29) is 0 Å². The number of alkyl halides is 1. The molecule has 2 rings (SSSR count). The lowest BCUT2D eigenvalue weighted by Crippen LogP contribution is -1.99. The molecule has 0 saturated heterocycles. The summed E-state index contributed by atoms with van der Waals surface area (Å²) in [5.74, 6) is 0.789. The van der Waals surface area contributed by atoms with E-state index in [1.165, 1.54) is 0 Å². The Balaban J connectivity index is 2.49. The van der Waals surface area contributed by atoms with Crippen LogP contribution in [0.3, 0.4) is 0 Å². The summed E-state index contributed by atoms with van der Waals surface area (Å²) in [7, 11) is 1.65. The molecule has 1 heterocycles. The van der Waals surface area contributed by atoms with Crippen molar-refractivity contribution in [2.75, 3.05) is 7.11 Å². The minimum Gasteiger partial charge on any atom is -0.494 e. The minimum absolute atomic E-state index is 0.696. The molecule has 0 aliphatic heterocycles. The first-order valence-corrected chi connectivity index (χ1v) is 5.99. The molecule has 0 N–H and O–H groups in total. The monoisotopic (exact) mass is 281 g/mol. The van der Waals surface area contributed by atoms with Gasteiger partial charge in [0.15, 0.2) is 0 Å². The number of benzene rings is 1. The Morgan fingerprint density at radius 1 is 1.44 bits per heavy atom. The zero-order chi connectivity index (χ0) is 11.5. The third-order valence-electron chi connectivity index (χ3n) is 2.26. The molecule has 1 aromatic carbocycles. The summed E-state index contributed by atoms with van der Waals surface area (Å²) in [4.78, 5) is 0. The molecule has 0 bridgehead atoms. The largest absolute Gasteiger partial charge is 0.494 e. The van der Waals surface area contributed by atoms with Gasteiger partial charge in [0.25, 0.3) is 0 Å². The molecule has 0 amide bonds. The third kappa shape index (κ3) is 2.09. The fraction of sp³-hybridized carbons (Fsp3) is 0.273. The highest BCUT2D eigenvalue weighted by atomic mass is 79.9. The highest BCUT2D eigenvalue weighted by Gasteiger charge is 2.07. The number of ether oxygens (including phenoxy) is 1. The van der Waals surface area contributed by atoms with Crippen LogP contribution in [0.4, 0.5) is 0 Å². The van der Waals surface area contributed by atoms with E-state index in [1.54, 1.807) is 11.8 Å². The zero-order valence-corrected chi connectivity index (χ0v) is 10.7. The van der Waals surface area contributed by atoms with Gasteiger partial charge in [0.1, 0.15) is 11.4 Å². The third-order valence-corrected chi connectivity index (χ3v) is 2.83. The van der Waals surface area contributed by atoms with Crippen LogP contribution in [0.1, 0.15) is 11.3 Å². The van der Waals surface area contributed by atoms with Crippen LogP contribution < -0.4 is 4.74 Å². The number of rotatable bonds is 3. The van der Waals surface area contributed by atoms with Crippen LogP contribution in [0.15, 0.2) is 24.4 Å². The lowest BCUT2D eigenvalue weighted by molar-refractivity contribution is 0.411. The topological polar surface area (TPSA) is 39.9 Å². The molecule has 0 radical (unpaired) electrons. The first kappa shape index (κ1) is 11.1. The predicted molar refractivity (Wildman–Crippen MR) is 65.3 cm³/mol. The van der Waals surface area contributed by atoms with Gasteiger partial charge in [-0.15, -0.1) is 5.10 Å². The smallest absolute Gasteiger partial charge is 0.144 e. The van der Waals surface area contributed by atoms with E-state index in [9.17, 15) is 0 Å². The Kier molecular flexibility index (Phi) is 3.24. The molecule has 16 heavy (non-hydrogen) atoms. The molecular weight excluding hydrogens is 270 g/mol. The van der Waals surface area contributed by atoms with Gasteiger partial charge in [-0.2, -0.15) is 0 Å². The lowest BCUT2D eigenvalue weighted by Gasteiger charge is -2.08. The molecular formula is C11H12BrN3O. The Bertz CT molecular complexity index is 496. The average Bonchev–Trinajstić information content (AvgIpc) is 2.77. The Hall–Kier alpha value is -1.36. The Morgan fingerprint density at radius 3 is 2.88 bits per heavy atom. The Labute approximate surface area is 102 Å². The van der Waals surface area contributed by atoms with E-state index < -0.39 is 0 Å². The van der Waals surface area contributed by atoms with Crippen molar-refractivity contribution in [1.29, 1.82) is 0 Å². The summed E-state index contributed by atoms with van der Waals surface area (Å²) < 4.78 is 7.02. The number of methoxy groups -OCH3 is 1. The van der Waals surface area contributed by atoms with Gasteiger partial charge >= 0.3 is 0 Å². The lowest BCUT2D eigenvalue weighted by atomic mass is 10.2. The van der Waals surface area contributed by atoms with Crippen LogP contribution >= 0.6 is 15.9 Å². The van der Waals surface area contributed by atoms with Crippen LogP contribution in [-0.2, 0) is 5.33 Å². The van der Waals surface area contributed by atoms with Gasteiger partial charge in [0, 0.05) is 5.33 Å². The first-order chi connectivity index (χ1) is 7.74. The van der Waals surface area contributed by atoms with E-state index in [4.69, 9.17) is 4.74 Å². The number of aryl methyl sites for hydroxylation is 1. The van der Waals surface area contributed by atoms with Gasteiger partial charge in [-0.25, -0.2) is 4.68 Å². The second kappa shape index (κ2) is 4.65. The van der Waals surface area contributed by atoms with Crippen molar-refractivity contribution in [2.24, 2.45) is 0 Å². The van der Waals surface area contributed by atoms with E-state index in [2.05, 4.69) is 26.2 Å². The molecule has 0 aliphatic carbocycles. The van der Waals surface area contributed by atoms with E-state index >= 15 is 0 Å². The van der Waals surface area contributed by atoms with Gasteiger partial charge in [0.2, 0.25) is 0 Å². The van der Waals surface area contributed by atoms with E-state index in [0.29, 0.717) is 5.33 Å². The van der Waals surface area contributed by atoms with Crippen molar-refractivity contribution < 1.29 is 4.74 Å². The van der Waals surface area contributed by atoms with Crippen LogP contribution in [0.5, 0.6) is 5.75 Å². The maximum atomic E-state index is 5.30. The summed E-state index contributed by atoms with van der Waals surface area (Å²) in [5, 5.41) is 8.79. The van der Waals surface area contributed by atoms with Crippen molar-refractivity contribution in [3.8, 4) is 11.4 Å². The molecule has 5 heteroatoms. The maximum Gasteiger partial charge on any atom is 0.144 e. The summed E-state index contributed by atoms with van der Waals surface area (Å²) >= 11 is 3.35. The summed E-state index contributed by atoms with van der Waals surface area (Å²) in [6, 6.07) is 5.95. The molecule has 84 valence electrons. The molecule has 0 fully saturated rings. The number of aromatic nitrogens is 3. The number of nitrogens with zero attached hydrogens (tertiary/aromatic N) is 3. The number of hydrogen-bond donors (Lipinski definition) is 0. The van der Waals surface area contributed by atoms with Gasteiger partial charge in [-0.1, -0.05) is 27.2 Å². The van der Waals surface area contributed by atoms with Crippen molar-refractivity contribution in [2.45, 2.75) is 12.3 Å². The highest BCUT2D eigenvalue weighted by molar-refractivity contribution is 9.08. The minimum atomic E-state index is 0.696. The van der Waals surface area contributed by atoms with Crippen molar-refractivity contribution >= 4 is 15.9 Å². The predicted octanol–water partition coefficient (Wildman–Crippen LogP) is 2.48. The average molecular weight is 282 g/mol. The molecule has 0 aliphatic rings. The molecule has 0 unspecified atom stereocenters. The summed E-state index contributed by atoms with van der Waals surface area (Å²) in [6.45, 7) is 2.03. The van der Waals surface area contributed by atoms with Gasteiger partial charge in [-0.05, 0) is 24.6 Å². The summed E-state index contributed by atoms with van der Waals surface area (Å²) in [5.41, 5.74) is 2.96. The van der Waals surface area contributed by atoms with Crippen LogP contribution in [0, 0.1) is 6.92 Å². The number of hydrogen-bond acceptors (Lipinski definition) is 3. The van der Waals surface area contributed by atoms with Crippen LogP contribution in [0.25, 0.3) is 5.69 Å². The van der Waals surface area contributed by atoms with Crippen molar-refractivity contribution in [3.63, 3.8) is 0 Å². The van der Waals surface area contributed by atoms with Gasteiger partial charge in [-0.3, -0.25) is 0 Å². The molecule has 0 saturated carbocycles. The van der Waals surface area contributed by atoms with Crippen LogP contribution in [0.2, 0.25) is 0 Å². The molecule has 4 nitrogen and oxygen atoms in total. The molecule has 0 spiro atoms. The SMILES string of the molecule is COc1ccc(C)cc1-n1cc(CBr)nn1. The maximum absolute atomic E-state index is 5.30. The van der Waals surface area contributed by atoms with Crippen LogP contribution in [-0.4, -0.2) is 22.1 Å². The van der Waals surface area contributed by atoms with Gasteiger partial charge in [0.05, 0.1) is 19.0 Å². The van der Waals surface area contributed by atoms with Crippen molar-refractivity contribution in [1.82, 2.24) is 15.0 Å². The molecule has 1 aromatic heterocycles. The fourth-order valence-electron chi connectivity index (χ4n) is 1.46. The standard InChI is InChI=1S/C11H12BrN3O/c1-8-3-4-11(16-2)10(5-8)15-7-9(6-12)13-14-15/h3-5,7H,6H2,1-2H3. The van der Waals surface area contributed by atoms with Crippen molar-refractivity contribution in [3.05, 3.63) is 35.7 Å². The first-order valence-electron chi connectivity index (χ1n) is 4.87. The zero-order valence-electron chi connectivity index (χ0n) is 9.14. The van der Waals surface area contributed by atoms with E-state index in [1.807, 2.05) is 31.3 Å².